The third-order valence-electron chi connectivity index (χ3n) is 7.96. The molecule has 0 fully saturated rings. The molecule has 6 nitrogen and oxygen atoms in total. The predicted octanol–water partition coefficient (Wildman–Crippen LogP) is 11.2. The maximum atomic E-state index is 10.3. The molecule has 0 heterocycles. The van der Waals surface area contributed by atoms with E-state index in [4.69, 9.17) is 14.7 Å². The van der Waals surface area contributed by atoms with E-state index in [0.717, 1.165) is 33.4 Å². The molecule has 0 saturated heterocycles. The third-order valence-corrected chi connectivity index (χ3v) is 7.96. The van der Waals surface area contributed by atoms with E-state index in [9.17, 15) is 15.3 Å². The summed E-state index contributed by atoms with van der Waals surface area (Å²) in [7, 11) is -2.62. The number of benzene rings is 3. The van der Waals surface area contributed by atoms with Gasteiger partial charge in [-0.05, 0) is 65.9 Å². The van der Waals surface area contributed by atoms with E-state index in [1.165, 1.54) is 0 Å². The average molecular weight is 701 g/mol. The van der Waals surface area contributed by atoms with Gasteiger partial charge in [-0.15, -0.1) is 0 Å². The first-order valence-electron chi connectivity index (χ1n) is 17.0. The molecule has 3 rings (SSSR count). The van der Waals surface area contributed by atoms with Gasteiger partial charge in [0.2, 0.25) is 0 Å². The Kier molecular flexibility index (Phi) is 16.1. The van der Waals surface area contributed by atoms with E-state index in [1.54, 1.807) is 0 Å². The molecule has 0 radical (unpaired) electrons. The van der Waals surface area contributed by atoms with Crippen LogP contribution in [0.4, 0.5) is 0 Å². The zero-order chi connectivity index (χ0) is 39.1. The summed E-state index contributed by atoms with van der Waals surface area (Å²) in [5.74, 6) is 1.37. The second-order valence-electron chi connectivity index (χ2n) is 18.9. The number of rotatable bonds is 0. The van der Waals surface area contributed by atoms with Crippen LogP contribution in [-0.4, -0.2) is 30.0 Å². The molecule has 49 heavy (non-hydrogen) atoms. The van der Waals surface area contributed by atoms with Crippen LogP contribution in [0.15, 0.2) is 54.6 Å². The van der Waals surface area contributed by atoms with E-state index in [-0.39, 0.29) is 32.5 Å². The van der Waals surface area contributed by atoms with Gasteiger partial charge in [0.25, 0.3) is 0 Å². The number of para-hydroxylation sites is 3. The molecule has 0 saturated carbocycles. The van der Waals surface area contributed by atoms with Crippen LogP contribution in [0.5, 0.6) is 17.2 Å². The number of hydrogen-bond donors (Lipinski definition) is 6. The van der Waals surface area contributed by atoms with E-state index >= 15 is 0 Å². The van der Waals surface area contributed by atoms with Crippen molar-refractivity contribution in [2.75, 3.05) is 0 Å². The molecule has 3 aromatic carbocycles. The second kappa shape index (κ2) is 17.1. The average Bonchev–Trinajstić information content (AvgIpc) is 2.85. The van der Waals surface area contributed by atoms with Gasteiger partial charge in [0.1, 0.15) is 17.2 Å². The van der Waals surface area contributed by atoms with E-state index < -0.39 is 8.60 Å². The topological polar surface area (TPSA) is 121 Å². The van der Waals surface area contributed by atoms with Gasteiger partial charge in [0.05, 0.1) is 0 Å². The summed E-state index contributed by atoms with van der Waals surface area (Å²) in [5, 5.41) is 30.8. The maximum Gasteiger partial charge on any atom is 0.324 e. The standard InChI is InChI=1S/3C14H22O.H3O3P/c3*1-13(2,3)10-8-7-9-11(12(10)15)14(4,5)6;1-4(2)3/h3*7-9,15H,1-6H3;1-3H. The molecule has 0 amide bonds. The highest BCUT2D eigenvalue weighted by Gasteiger charge is 2.27. The number of phenolic OH excluding ortho intramolecular Hbond substituents is 3. The Morgan fingerprint density at radius 1 is 0.306 bits per heavy atom. The number of hydrogen-bond acceptors (Lipinski definition) is 6. The van der Waals surface area contributed by atoms with Crippen molar-refractivity contribution in [2.24, 2.45) is 0 Å². The molecule has 0 spiro atoms. The Labute approximate surface area is 300 Å². The zero-order valence-corrected chi connectivity index (χ0v) is 34.7. The Morgan fingerprint density at radius 2 is 0.408 bits per heavy atom. The van der Waals surface area contributed by atoms with Crippen molar-refractivity contribution in [3.63, 3.8) is 0 Å². The molecule has 3 aromatic rings. The van der Waals surface area contributed by atoms with Gasteiger partial charge in [-0.2, -0.15) is 0 Å². The van der Waals surface area contributed by atoms with Gasteiger partial charge in [-0.1, -0.05) is 179 Å². The lowest BCUT2D eigenvalue weighted by Crippen LogP contribution is -2.16. The van der Waals surface area contributed by atoms with Gasteiger partial charge in [0.15, 0.2) is 0 Å². The summed E-state index contributed by atoms with van der Waals surface area (Å²) < 4.78 is 0. The molecule has 0 atom stereocenters. The fraction of sp³-hybridized carbons (Fsp3) is 0.571. The first-order valence-corrected chi connectivity index (χ1v) is 18.2. The molecule has 0 aliphatic heterocycles. The van der Waals surface area contributed by atoms with Crippen molar-refractivity contribution < 1.29 is 30.0 Å². The van der Waals surface area contributed by atoms with Gasteiger partial charge < -0.3 is 30.0 Å². The van der Waals surface area contributed by atoms with Crippen molar-refractivity contribution in [1.29, 1.82) is 0 Å². The fourth-order valence-corrected chi connectivity index (χ4v) is 5.26. The lowest BCUT2D eigenvalue weighted by atomic mass is 9.79. The highest BCUT2D eigenvalue weighted by Crippen LogP contribution is 2.40. The monoisotopic (exact) mass is 700 g/mol. The summed E-state index contributed by atoms with van der Waals surface area (Å²) in [6.45, 7) is 38.2. The first kappa shape index (κ1) is 46.4. The van der Waals surface area contributed by atoms with Gasteiger partial charge in [0, 0.05) is 0 Å². The normalized spacial score (nSPS) is 12.6. The summed E-state index contributed by atoms with van der Waals surface area (Å²) in [6, 6.07) is 18.1. The highest BCUT2D eigenvalue weighted by molar-refractivity contribution is 7.38. The lowest BCUT2D eigenvalue weighted by molar-refractivity contribution is 0.368. The Morgan fingerprint density at radius 3 is 0.490 bits per heavy atom. The van der Waals surface area contributed by atoms with Crippen molar-refractivity contribution in [2.45, 2.75) is 157 Å². The summed E-state index contributed by atoms with van der Waals surface area (Å²) in [5.41, 5.74) is 6.09. The molecule has 0 unspecified atom stereocenters. The SMILES string of the molecule is CC(C)(C)c1cccc(C(C)(C)C)c1O.CC(C)(C)c1cccc(C(C)(C)C)c1O.CC(C)(C)c1cccc(C(C)(C)C)c1O.OP(O)O. The van der Waals surface area contributed by atoms with Crippen LogP contribution < -0.4 is 0 Å². The van der Waals surface area contributed by atoms with Crippen molar-refractivity contribution >= 4 is 8.60 Å². The Bertz CT molecular complexity index is 1190. The summed E-state index contributed by atoms with van der Waals surface area (Å²) in [6.07, 6.45) is 0. The molecule has 278 valence electrons. The Hall–Kier alpha value is -2.63. The first-order chi connectivity index (χ1) is 21.6. The molecular weight excluding hydrogens is 631 g/mol. The highest BCUT2D eigenvalue weighted by atomic mass is 31.2. The fourth-order valence-electron chi connectivity index (χ4n) is 5.26. The maximum absolute atomic E-state index is 10.3. The van der Waals surface area contributed by atoms with Crippen LogP contribution in [0.3, 0.4) is 0 Å². The number of phenols is 3. The van der Waals surface area contributed by atoms with Crippen molar-refractivity contribution in [3.8, 4) is 17.2 Å². The van der Waals surface area contributed by atoms with Gasteiger partial charge in [-0.3, -0.25) is 0 Å². The Balaban J connectivity index is 0.000000667. The predicted molar refractivity (Wildman–Crippen MR) is 210 cm³/mol. The van der Waals surface area contributed by atoms with Crippen LogP contribution >= 0.6 is 8.60 Å². The molecule has 0 aliphatic carbocycles. The molecule has 7 heteroatoms. The van der Waals surface area contributed by atoms with E-state index in [2.05, 4.69) is 125 Å². The van der Waals surface area contributed by atoms with Gasteiger partial charge >= 0.3 is 8.60 Å². The zero-order valence-electron chi connectivity index (χ0n) is 33.8. The largest absolute Gasteiger partial charge is 0.507 e. The molecule has 0 aliphatic rings. The lowest BCUT2D eigenvalue weighted by Gasteiger charge is -2.26. The minimum Gasteiger partial charge on any atom is -0.507 e. The van der Waals surface area contributed by atoms with Crippen LogP contribution in [0.1, 0.15) is 158 Å². The molecule has 0 aromatic heterocycles. The van der Waals surface area contributed by atoms with E-state index in [1.807, 2.05) is 54.6 Å². The summed E-state index contributed by atoms with van der Waals surface area (Å²) >= 11 is 0. The summed E-state index contributed by atoms with van der Waals surface area (Å²) in [4.78, 5) is 21.7. The quantitative estimate of drug-likeness (QED) is 0.130. The van der Waals surface area contributed by atoms with Crippen LogP contribution in [0, 0.1) is 0 Å². The second-order valence-corrected chi connectivity index (χ2v) is 19.4. The molecule has 0 bridgehead atoms. The van der Waals surface area contributed by atoms with Crippen LogP contribution in [0.2, 0.25) is 0 Å². The van der Waals surface area contributed by atoms with Gasteiger partial charge in [-0.25, -0.2) is 0 Å². The minimum atomic E-state index is -2.62. The van der Waals surface area contributed by atoms with Crippen molar-refractivity contribution in [1.82, 2.24) is 0 Å². The molecule has 6 N–H and O–H groups in total. The third kappa shape index (κ3) is 15.0. The minimum absolute atomic E-state index is 0.00859. The van der Waals surface area contributed by atoms with E-state index in [0.29, 0.717) is 17.2 Å². The molecular formula is C42H69O6P. The smallest absolute Gasteiger partial charge is 0.324 e. The number of aromatic hydroxyl groups is 3. The van der Waals surface area contributed by atoms with Crippen LogP contribution in [-0.2, 0) is 32.5 Å². The van der Waals surface area contributed by atoms with Crippen molar-refractivity contribution in [3.05, 3.63) is 88.0 Å². The van der Waals surface area contributed by atoms with Crippen LogP contribution in [0.25, 0.3) is 0 Å².